The van der Waals surface area contributed by atoms with Crippen LogP contribution in [0.15, 0.2) is 71.3 Å². The van der Waals surface area contributed by atoms with E-state index in [4.69, 9.17) is 4.42 Å². The fourth-order valence-electron chi connectivity index (χ4n) is 4.28. The highest BCUT2D eigenvalue weighted by atomic mass is 19.1. The van der Waals surface area contributed by atoms with E-state index >= 15 is 0 Å². The minimum Gasteiger partial charge on any atom is -0.467 e. The summed E-state index contributed by atoms with van der Waals surface area (Å²) in [7, 11) is 1.70. The molecule has 1 atom stereocenters. The highest BCUT2D eigenvalue weighted by molar-refractivity contribution is 6.05. The molecular formula is C26H28FN3O3. The van der Waals surface area contributed by atoms with Crippen molar-refractivity contribution in [2.45, 2.75) is 31.8 Å². The zero-order chi connectivity index (χ0) is 23.2. The molecule has 1 N–H and O–H groups in total. The molecule has 6 nitrogen and oxygen atoms in total. The molecule has 0 radical (unpaired) electrons. The second-order valence-electron chi connectivity index (χ2n) is 8.33. The fraction of sp³-hybridized carbons (Fsp3) is 0.308. The van der Waals surface area contributed by atoms with Crippen LogP contribution < -0.4 is 10.2 Å². The number of likely N-dealkylation sites (tertiary alicyclic amines) is 1. The zero-order valence-electron chi connectivity index (χ0n) is 18.7. The first-order valence-corrected chi connectivity index (χ1v) is 11.2. The topological polar surface area (TPSA) is 65.8 Å². The summed E-state index contributed by atoms with van der Waals surface area (Å²) in [5.41, 5.74) is 2.06. The monoisotopic (exact) mass is 449 g/mol. The molecule has 1 fully saturated rings. The van der Waals surface area contributed by atoms with Crippen LogP contribution in [0.2, 0.25) is 0 Å². The van der Waals surface area contributed by atoms with Gasteiger partial charge >= 0.3 is 0 Å². The Balaban J connectivity index is 1.40. The molecule has 0 aliphatic carbocycles. The maximum atomic E-state index is 13.2. The second kappa shape index (κ2) is 10.4. The van der Waals surface area contributed by atoms with E-state index in [9.17, 15) is 14.0 Å². The van der Waals surface area contributed by atoms with Gasteiger partial charge < -0.3 is 14.6 Å². The van der Waals surface area contributed by atoms with Gasteiger partial charge in [0.25, 0.3) is 5.91 Å². The van der Waals surface area contributed by atoms with Gasteiger partial charge in [0.1, 0.15) is 11.6 Å². The molecule has 2 aromatic carbocycles. The van der Waals surface area contributed by atoms with Crippen LogP contribution in [-0.4, -0.2) is 42.9 Å². The third-order valence-corrected chi connectivity index (χ3v) is 6.11. The highest BCUT2D eigenvalue weighted by Crippen LogP contribution is 2.24. The van der Waals surface area contributed by atoms with E-state index in [1.54, 1.807) is 60.7 Å². The molecule has 2 amide bonds. The van der Waals surface area contributed by atoms with E-state index in [-0.39, 0.29) is 36.8 Å². The lowest BCUT2D eigenvalue weighted by Crippen LogP contribution is -2.42. The molecule has 1 aromatic heterocycles. The Morgan fingerprint density at radius 1 is 1.12 bits per heavy atom. The van der Waals surface area contributed by atoms with Gasteiger partial charge in [0.15, 0.2) is 0 Å². The van der Waals surface area contributed by atoms with Gasteiger partial charge in [-0.05, 0) is 67.8 Å². The molecule has 1 aliphatic heterocycles. The molecule has 2 heterocycles. The van der Waals surface area contributed by atoms with Gasteiger partial charge in [0.05, 0.1) is 30.6 Å². The Labute approximate surface area is 193 Å². The van der Waals surface area contributed by atoms with Crippen molar-refractivity contribution in [1.29, 1.82) is 0 Å². The van der Waals surface area contributed by atoms with E-state index < -0.39 is 0 Å². The number of carbonyl (C=O) groups excluding carboxylic acids is 2. The lowest BCUT2D eigenvalue weighted by Gasteiger charge is -2.27. The number of halogens is 1. The first-order valence-electron chi connectivity index (χ1n) is 11.2. The summed E-state index contributed by atoms with van der Waals surface area (Å²) in [6, 6.07) is 17.4. The van der Waals surface area contributed by atoms with Crippen LogP contribution >= 0.6 is 0 Å². The average molecular weight is 450 g/mol. The lowest BCUT2D eigenvalue weighted by atomic mass is 10.0. The van der Waals surface area contributed by atoms with Gasteiger partial charge in [0.2, 0.25) is 5.91 Å². The predicted octanol–water partition coefficient (Wildman–Crippen LogP) is 4.02. The SMILES string of the molecule is CN(C(=O)CN1CCC[C@@H]1Cc1ccc(F)cc1)c1ccccc1C(=O)NCc1ccco1. The van der Waals surface area contributed by atoms with Gasteiger partial charge in [-0.1, -0.05) is 24.3 Å². The van der Waals surface area contributed by atoms with Gasteiger partial charge in [-0.25, -0.2) is 4.39 Å². The third kappa shape index (κ3) is 5.68. The van der Waals surface area contributed by atoms with Crippen LogP contribution in [0.5, 0.6) is 0 Å². The average Bonchev–Trinajstić information content (AvgIpc) is 3.51. The van der Waals surface area contributed by atoms with Crippen molar-refractivity contribution in [1.82, 2.24) is 10.2 Å². The first-order chi connectivity index (χ1) is 16.0. The number of amides is 2. The molecule has 172 valence electrons. The largest absolute Gasteiger partial charge is 0.467 e. The second-order valence-corrected chi connectivity index (χ2v) is 8.33. The number of likely N-dealkylation sites (N-methyl/N-ethyl adjacent to an activating group) is 1. The third-order valence-electron chi connectivity index (χ3n) is 6.11. The molecule has 1 aliphatic rings. The maximum Gasteiger partial charge on any atom is 0.253 e. The van der Waals surface area contributed by atoms with E-state index in [1.165, 1.54) is 12.1 Å². The van der Waals surface area contributed by atoms with Crippen molar-refractivity contribution in [3.05, 3.63) is 89.6 Å². The molecule has 0 spiro atoms. The molecule has 0 bridgehead atoms. The van der Waals surface area contributed by atoms with Crippen molar-refractivity contribution in [3.8, 4) is 0 Å². The Hall–Kier alpha value is -3.45. The minimum absolute atomic E-state index is 0.0766. The summed E-state index contributed by atoms with van der Waals surface area (Å²) in [6.45, 7) is 1.39. The quantitative estimate of drug-likeness (QED) is 0.564. The normalized spacial score (nSPS) is 16.0. The van der Waals surface area contributed by atoms with Crippen LogP contribution in [0.4, 0.5) is 10.1 Å². The number of para-hydroxylation sites is 1. The Morgan fingerprint density at radius 3 is 2.67 bits per heavy atom. The maximum absolute atomic E-state index is 13.2. The van der Waals surface area contributed by atoms with Crippen LogP contribution in [0, 0.1) is 5.82 Å². The minimum atomic E-state index is -0.267. The summed E-state index contributed by atoms with van der Waals surface area (Å²) in [4.78, 5) is 29.7. The van der Waals surface area contributed by atoms with Crippen molar-refractivity contribution < 1.29 is 18.4 Å². The number of rotatable bonds is 8. The van der Waals surface area contributed by atoms with Crippen LogP contribution in [0.25, 0.3) is 0 Å². The Morgan fingerprint density at radius 2 is 1.91 bits per heavy atom. The molecule has 1 saturated heterocycles. The highest BCUT2D eigenvalue weighted by Gasteiger charge is 2.28. The Kier molecular flexibility index (Phi) is 7.19. The number of benzene rings is 2. The predicted molar refractivity (Wildman–Crippen MR) is 124 cm³/mol. The number of hydrogen-bond acceptors (Lipinski definition) is 4. The van der Waals surface area contributed by atoms with Gasteiger partial charge in [-0.3, -0.25) is 14.5 Å². The first kappa shape index (κ1) is 22.7. The molecule has 4 rings (SSSR count). The standard InChI is InChI=1S/C26H28FN3O3/c1-29(24-9-3-2-8-23(24)26(32)28-17-22-7-5-15-33-22)25(31)18-30-14-4-6-21(30)16-19-10-12-20(27)13-11-19/h2-3,5,7-13,15,21H,4,6,14,16-18H2,1H3,(H,28,32)/t21-/m1/s1. The smallest absolute Gasteiger partial charge is 0.253 e. The molecular weight excluding hydrogens is 421 g/mol. The number of carbonyl (C=O) groups is 2. The lowest BCUT2D eigenvalue weighted by molar-refractivity contribution is -0.119. The summed E-state index contributed by atoms with van der Waals surface area (Å²) in [5, 5.41) is 2.84. The summed E-state index contributed by atoms with van der Waals surface area (Å²) < 4.78 is 18.5. The van der Waals surface area contributed by atoms with Gasteiger partial charge in [0, 0.05) is 13.1 Å². The van der Waals surface area contributed by atoms with Gasteiger partial charge in [-0.2, -0.15) is 0 Å². The zero-order valence-corrected chi connectivity index (χ0v) is 18.7. The summed E-state index contributed by atoms with van der Waals surface area (Å²) in [5.74, 6) is 0.0708. The molecule has 0 unspecified atom stereocenters. The van der Waals surface area contributed by atoms with Crippen molar-refractivity contribution in [2.75, 3.05) is 25.0 Å². The van der Waals surface area contributed by atoms with Crippen molar-refractivity contribution >= 4 is 17.5 Å². The molecule has 0 saturated carbocycles. The number of nitrogens with zero attached hydrogens (tertiary/aromatic N) is 2. The van der Waals surface area contributed by atoms with Gasteiger partial charge in [-0.15, -0.1) is 0 Å². The van der Waals surface area contributed by atoms with Crippen LogP contribution in [0.1, 0.15) is 34.5 Å². The van der Waals surface area contributed by atoms with E-state index in [0.29, 0.717) is 17.0 Å². The van der Waals surface area contributed by atoms with E-state index in [0.717, 1.165) is 31.4 Å². The Bertz CT molecular complexity index is 1080. The van der Waals surface area contributed by atoms with Crippen molar-refractivity contribution in [3.63, 3.8) is 0 Å². The molecule has 33 heavy (non-hydrogen) atoms. The number of hydrogen-bond donors (Lipinski definition) is 1. The van der Waals surface area contributed by atoms with Crippen molar-refractivity contribution in [2.24, 2.45) is 0 Å². The number of nitrogens with one attached hydrogen (secondary N) is 1. The molecule has 7 heteroatoms. The van der Waals surface area contributed by atoms with E-state index in [2.05, 4.69) is 10.2 Å². The van der Waals surface area contributed by atoms with Crippen LogP contribution in [-0.2, 0) is 17.8 Å². The van der Waals surface area contributed by atoms with E-state index in [1.807, 2.05) is 6.07 Å². The van der Waals surface area contributed by atoms with Crippen LogP contribution in [0.3, 0.4) is 0 Å². The fourth-order valence-corrected chi connectivity index (χ4v) is 4.28. The number of furan rings is 1. The summed E-state index contributed by atoms with van der Waals surface area (Å²) in [6.07, 6.45) is 4.36. The summed E-state index contributed by atoms with van der Waals surface area (Å²) >= 11 is 0. The number of anilines is 1. The molecule has 3 aromatic rings.